The van der Waals surface area contributed by atoms with E-state index in [1.54, 1.807) is 0 Å². The summed E-state index contributed by atoms with van der Waals surface area (Å²) in [5.74, 6) is 0.971. The highest BCUT2D eigenvalue weighted by molar-refractivity contribution is 5.48. The number of pyridine rings is 1. The number of nitrogens with one attached hydrogen (secondary N) is 1. The summed E-state index contributed by atoms with van der Waals surface area (Å²) < 4.78 is 0. The highest BCUT2D eigenvalue weighted by Gasteiger charge is 2.06. The average Bonchev–Trinajstić information content (AvgIpc) is 2.56. The molecule has 1 heterocycles. The Kier molecular flexibility index (Phi) is 4.50. The maximum Gasteiger partial charge on any atom is 0.129 e. The van der Waals surface area contributed by atoms with Gasteiger partial charge in [0.25, 0.3) is 0 Å². The molecule has 0 fully saturated rings. The SMILES string of the molecule is Cc1cnc(NCc2ccccc2)c(Cc2ccccc2)c1. The first-order valence-corrected chi connectivity index (χ1v) is 7.58. The normalized spacial score (nSPS) is 10.4. The smallest absolute Gasteiger partial charge is 0.129 e. The zero-order valence-electron chi connectivity index (χ0n) is 12.8. The summed E-state index contributed by atoms with van der Waals surface area (Å²) in [6, 6.07) is 23.1. The minimum Gasteiger partial charge on any atom is -0.366 e. The molecule has 0 radical (unpaired) electrons. The Morgan fingerprint density at radius 1 is 0.864 bits per heavy atom. The van der Waals surface area contributed by atoms with Crippen molar-refractivity contribution >= 4 is 5.82 Å². The molecule has 0 amide bonds. The van der Waals surface area contributed by atoms with Crippen LogP contribution in [0.4, 0.5) is 5.82 Å². The molecule has 3 rings (SSSR count). The van der Waals surface area contributed by atoms with E-state index >= 15 is 0 Å². The summed E-state index contributed by atoms with van der Waals surface area (Å²) in [7, 11) is 0. The van der Waals surface area contributed by atoms with Gasteiger partial charge in [-0.2, -0.15) is 0 Å². The van der Waals surface area contributed by atoms with Gasteiger partial charge < -0.3 is 5.32 Å². The third-order valence-electron chi connectivity index (χ3n) is 3.64. The van der Waals surface area contributed by atoms with Crippen LogP contribution in [-0.2, 0) is 13.0 Å². The number of rotatable bonds is 5. The number of hydrogen-bond donors (Lipinski definition) is 1. The summed E-state index contributed by atoms with van der Waals surface area (Å²) in [6.07, 6.45) is 2.81. The number of hydrogen-bond acceptors (Lipinski definition) is 2. The van der Waals surface area contributed by atoms with Crippen LogP contribution in [-0.4, -0.2) is 4.98 Å². The van der Waals surface area contributed by atoms with Crippen LogP contribution in [0.25, 0.3) is 0 Å². The second-order valence-electron chi connectivity index (χ2n) is 5.52. The molecule has 0 aliphatic heterocycles. The Balaban J connectivity index is 1.78. The number of aryl methyl sites for hydroxylation is 1. The number of anilines is 1. The summed E-state index contributed by atoms with van der Waals surface area (Å²) >= 11 is 0. The molecule has 1 aromatic heterocycles. The van der Waals surface area contributed by atoms with Gasteiger partial charge in [0.2, 0.25) is 0 Å². The third kappa shape index (κ3) is 3.73. The molecule has 0 saturated heterocycles. The van der Waals surface area contributed by atoms with Crippen molar-refractivity contribution in [1.29, 1.82) is 0 Å². The summed E-state index contributed by atoms with van der Waals surface area (Å²) in [6.45, 7) is 2.88. The molecule has 0 spiro atoms. The predicted octanol–water partition coefficient (Wildman–Crippen LogP) is 4.59. The van der Waals surface area contributed by atoms with Crippen LogP contribution >= 0.6 is 0 Å². The molecule has 110 valence electrons. The van der Waals surface area contributed by atoms with Crippen molar-refractivity contribution in [2.75, 3.05) is 5.32 Å². The lowest BCUT2D eigenvalue weighted by Gasteiger charge is -2.12. The van der Waals surface area contributed by atoms with Gasteiger partial charge in [-0.15, -0.1) is 0 Å². The zero-order chi connectivity index (χ0) is 15.2. The lowest BCUT2D eigenvalue weighted by molar-refractivity contribution is 1.06. The standard InChI is InChI=1S/C20H20N2/c1-16-12-19(13-17-8-4-2-5-9-17)20(21-14-16)22-15-18-10-6-3-7-11-18/h2-12,14H,13,15H2,1H3,(H,21,22). The van der Waals surface area contributed by atoms with Crippen LogP contribution in [0.1, 0.15) is 22.3 Å². The van der Waals surface area contributed by atoms with Gasteiger partial charge in [0.05, 0.1) is 0 Å². The number of aromatic nitrogens is 1. The zero-order valence-corrected chi connectivity index (χ0v) is 12.8. The molecule has 1 N–H and O–H groups in total. The number of nitrogens with zero attached hydrogens (tertiary/aromatic N) is 1. The largest absolute Gasteiger partial charge is 0.366 e. The van der Waals surface area contributed by atoms with Gasteiger partial charge in [0, 0.05) is 19.2 Å². The molecule has 0 aliphatic rings. The molecule has 0 aliphatic carbocycles. The van der Waals surface area contributed by atoms with E-state index in [0.29, 0.717) is 0 Å². The molecule has 22 heavy (non-hydrogen) atoms. The topological polar surface area (TPSA) is 24.9 Å². The molecule has 2 aromatic carbocycles. The summed E-state index contributed by atoms with van der Waals surface area (Å²) in [5.41, 5.74) is 4.99. The Hall–Kier alpha value is -2.61. The van der Waals surface area contributed by atoms with Gasteiger partial charge in [-0.05, 0) is 29.2 Å². The van der Waals surface area contributed by atoms with Crippen molar-refractivity contribution in [3.05, 3.63) is 95.2 Å². The second kappa shape index (κ2) is 6.90. The molecule has 0 atom stereocenters. The van der Waals surface area contributed by atoms with E-state index < -0.39 is 0 Å². The van der Waals surface area contributed by atoms with Gasteiger partial charge in [0.15, 0.2) is 0 Å². The Morgan fingerprint density at radius 3 is 2.18 bits per heavy atom. The summed E-state index contributed by atoms with van der Waals surface area (Å²) in [4.78, 5) is 4.58. The van der Waals surface area contributed by atoms with E-state index in [2.05, 4.69) is 71.8 Å². The van der Waals surface area contributed by atoms with Crippen molar-refractivity contribution in [1.82, 2.24) is 4.98 Å². The van der Waals surface area contributed by atoms with Crippen molar-refractivity contribution in [3.8, 4) is 0 Å². The fourth-order valence-corrected chi connectivity index (χ4v) is 2.52. The van der Waals surface area contributed by atoms with Crippen LogP contribution in [0.3, 0.4) is 0 Å². The van der Waals surface area contributed by atoms with Gasteiger partial charge in [-0.1, -0.05) is 66.7 Å². The summed E-state index contributed by atoms with van der Waals surface area (Å²) in [5, 5.41) is 3.47. The van der Waals surface area contributed by atoms with E-state index in [1.807, 2.05) is 18.3 Å². The van der Waals surface area contributed by atoms with Gasteiger partial charge >= 0.3 is 0 Å². The van der Waals surface area contributed by atoms with E-state index in [0.717, 1.165) is 18.8 Å². The Labute approximate surface area is 131 Å². The van der Waals surface area contributed by atoms with Crippen molar-refractivity contribution in [2.24, 2.45) is 0 Å². The molecular formula is C20H20N2. The van der Waals surface area contributed by atoms with Crippen molar-refractivity contribution in [2.45, 2.75) is 19.9 Å². The van der Waals surface area contributed by atoms with Crippen LogP contribution in [0.15, 0.2) is 72.9 Å². The Bertz CT molecular complexity index is 721. The van der Waals surface area contributed by atoms with Crippen LogP contribution < -0.4 is 5.32 Å². The average molecular weight is 288 g/mol. The van der Waals surface area contributed by atoms with Crippen LogP contribution in [0.2, 0.25) is 0 Å². The maximum atomic E-state index is 4.58. The second-order valence-corrected chi connectivity index (χ2v) is 5.52. The van der Waals surface area contributed by atoms with Crippen LogP contribution in [0, 0.1) is 6.92 Å². The minimum atomic E-state index is 0.790. The first-order valence-electron chi connectivity index (χ1n) is 7.58. The van der Waals surface area contributed by atoms with E-state index in [1.165, 1.54) is 22.3 Å². The fraction of sp³-hybridized carbons (Fsp3) is 0.150. The lowest BCUT2D eigenvalue weighted by Crippen LogP contribution is -2.05. The fourth-order valence-electron chi connectivity index (χ4n) is 2.52. The van der Waals surface area contributed by atoms with Crippen molar-refractivity contribution < 1.29 is 0 Å². The quantitative estimate of drug-likeness (QED) is 0.742. The highest BCUT2D eigenvalue weighted by Crippen LogP contribution is 2.19. The monoisotopic (exact) mass is 288 g/mol. The molecule has 0 bridgehead atoms. The van der Waals surface area contributed by atoms with Gasteiger partial charge in [-0.25, -0.2) is 4.98 Å². The molecule has 0 unspecified atom stereocenters. The molecule has 2 heteroatoms. The van der Waals surface area contributed by atoms with E-state index in [9.17, 15) is 0 Å². The minimum absolute atomic E-state index is 0.790. The van der Waals surface area contributed by atoms with Crippen LogP contribution in [0.5, 0.6) is 0 Å². The van der Waals surface area contributed by atoms with Gasteiger partial charge in [0.1, 0.15) is 5.82 Å². The van der Waals surface area contributed by atoms with E-state index in [-0.39, 0.29) is 0 Å². The lowest BCUT2D eigenvalue weighted by atomic mass is 10.0. The molecular weight excluding hydrogens is 268 g/mol. The third-order valence-corrected chi connectivity index (χ3v) is 3.64. The molecule has 2 nitrogen and oxygen atoms in total. The molecule has 3 aromatic rings. The van der Waals surface area contributed by atoms with Gasteiger partial charge in [-0.3, -0.25) is 0 Å². The van der Waals surface area contributed by atoms with Crippen molar-refractivity contribution in [3.63, 3.8) is 0 Å². The molecule has 0 saturated carbocycles. The predicted molar refractivity (Wildman–Crippen MR) is 92.0 cm³/mol. The van der Waals surface area contributed by atoms with E-state index in [4.69, 9.17) is 0 Å². The Morgan fingerprint density at radius 2 is 1.50 bits per heavy atom. The first kappa shape index (κ1) is 14.3. The first-order chi connectivity index (χ1) is 10.8. The highest BCUT2D eigenvalue weighted by atomic mass is 15.0. The number of benzene rings is 2. The maximum absolute atomic E-state index is 4.58.